The highest BCUT2D eigenvalue weighted by atomic mass is 32.2. The van der Waals surface area contributed by atoms with Crippen molar-refractivity contribution in [2.45, 2.75) is 19.4 Å². The van der Waals surface area contributed by atoms with Crippen LogP contribution < -0.4 is 4.72 Å². The number of hydrogen-bond acceptors (Lipinski definition) is 6. The van der Waals surface area contributed by atoms with Gasteiger partial charge in [-0.15, -0.1) is 0 Å². The zero-order valence-corrected chi connectivity index (χ0v) is 12.4. The molecule has 3 heterocycles. The molecule has 2 aromatic rings. The van der Waals surface area contributed by atoms with E-state index < -0.39 is 10.2 Å². The molecule has 0 aromatic carbocycles. The van der Waals surface area contributed by atoms with Gasteiger partial charge in [0.15, 0.2) is 0 Å². The van der Waals surface area contributed by atoms with Gasteiger partial charge in [-0.05, 0) is 12.8 Å². The molecule has 0 aliphatic carbocycles. The smallest absolute Gasteiger partial charge is 0.279 e. The van der Waals surface area contributed by atoms with Gasteiger partial charge in [-0.1, -0.05) is 5.16 Å². The molecular formula is C11H16N6O3S. The molecule has 1 N–H and O–H groups in total. The molecule has 1 aliphatic rings. The summed E-state index contributed by atoms with van der Waals surface area (Å²) in [6, 6.07) is 0. The molecule has 0 radical (unpaired) electrons. The highest BCUT2D eigenvalue weighted by Crippen LogP contribution is 2.15. The van der Waals surface area contributed by atoms with Gasteiger partial charge in [0.25, 0.3) is 10.2 Å². The molecule has 0 bridgehead atoms. The number of aromatic nitrogens is 4. The molecule has 0 unspecified atom stereocenters. The Morgan fingerprint density at radius 3 is 2.81 bits per heavy atom. The van der Waals surface area contributed by atoms with E-state index in [9.17, 15) is 8.42 Å². The van der Waals surface area contributed by atoms with Gasteiger partial charge >= 0.3 is 0 Å². The van der Waals surface area contributed by atoms with E-state index in [4.69, 9.17) is 4.52 Å². The maximum absolute atomic E-state index is 12.0. The summed E-state index contributed by atoms with van der Waals surface area (Å²) < 4.78 is 34.6. The van der Waals surface area contributed by atoms with E-state index in [0.29, 0.717) is 18.9 Å². The van der Waals surface area contributed by atoms with Crippen LogP contribution in [0, 0.1) is 0 Å². The van der Waals surface area contributed by atoms with E-state index in [1.165, 1.54) is 4.31 Å². The van der Waals surface area contributed by atoms with Crippen LogP contribution in [-0.2, 0) is 23.8 Å². The first-order valence-corrected chi connectivity index (χ1v) is 8.05. The third-order valence-corrected chi connectivity index (χ3v) is 4.80. The number of nitrogens with zero attached hydrogens (tertiary/aromatic N) is 5. The molecule has 2 aromatic heterocycles. The number of rotatable bonds is 5. The Balaban J connectivity index is 1.65. The average Bonchev–Trinajstić information content (AvgIpc) is 3.17. The topological polar surface area (TPSA) is 106 Å². The molecule has 0 saturated carbocycles. The van der Waals surface area contributed by atoms with Crippen LogP contribution in [0.15, 0.2) is 16.9 Å². The third-order valence-electron chi connectivity index (χ3n) is 3.24. The third kappa shape index (κ3) is 3.12. The monoisotopic (exact) mass is 312 g/mol. The van der Waals surface area contributed by atoms with Crippen LogP contribution in [0.25, 0.3) is 11.4 Å². The van der Waals surface area contributed by atoms with E-state index in [-0.39, 0.29) is 12.4 Å². The van der Waals surface area contributed by atoms with Crippen molar-refractivity contribution in [2.75, 3.05) is 13.1 Å². The van der Waals surface area contributed by atoms with Gasteiger partial charge in [-0.25, -0.2) is 0 Å². The molecule has 0 amide bonds. The minimum atomic E-state index is -3.47. The van der Waals surface area contributed by atoms with Gasteiger partial charge in [-0.2, -0.15) is 27.5 Å². The Labute approximate surface area is 122 Å². The summed E-state index contributed by atoms with van der Waals surface area (Å²) in [6.45, 7) is 1.09. The largest absolute Gasteiger partial charge is 0.338 e. The normalized spacial score (nSPS) is 16.6. The minimum Gasteiger partial charge on any atom is -0.338 e. The van der Waals surface area contributed by atoms with Gasteiger partial charge in [0.05, 0.1) is 18.3 Å². The molecular weight excluding hydrogens is 296 g/mol. The number of hydrogen-bond donors (Lipinski definition) is 1. The molecule has 3 rings (SSSR count). The maximum Gasteiger partial charge on any atom is 0.279 e. The van der Waals surface area contributed by atoms with Crippen molar-refractivity contribution in [3.8, 4) is 11.4 Å². The van der Waals surface area contributed by atoms with Crippen LogP contribution in [-0.4, -0.2) is 45.7 Å². The fraction of sp³-hybridized carbons (Fsp3) is 0.545. The van der Waals surface area contributed by atoms with E-state index in [0.717, 1.165) is 18.4 Å². The molecule has 0 spiro atoms. The maximum atomic E-state index is 12.0. The lowest BCUT2D eigenvalue weighted by molar-refractivity contribution is 0.373. The molecule has 1 fully saturated rings. The second-order valence-electron chi connectivity index (χ2n) is 4.85. The predicted molar refractivity (Wildman–Crippen MR) is 73.1 cm³/mol. The lowest BCUT2D eigenvalue weighted by Crippen LogP contribution is -2.38. The quantitative estimate of drug-likeness (QED) is 0.826. The van der Waals surface area contributed by atoms with E-state index >= 15 is 0 Å². The second kappa shape index (κ2) is 5.54. The van der Waals surface area contributed by atoms with Gasteiger partial charge in [0, 0.05) is 26.3 Å². The van der Waals surface area contributed by atoms with E-state index in [1.54, 1.807) is 24.1 Å². The SMILES string of the molecule is Cn1cc(-c2noc(CNS(=O)(=O)N3CCCC3)n2)cn1. The highest BCUT2D eigenvalue weighted by molar-refractivity contribution is 7.87. The molecule has 1 aliphatic heterocycles. The van der Waals surface area contributed by atoms with Crippen molar-refractivity contribution in [3.63, 3.8) is 0 Å². The van der Waals surface area contributed by atoms with Crippen molar-refractivity contribution >= 4 is 10.2 Å². The van der Waals surface area contributed by atoms with Crippen molar-refractivity contribution < 1.29 is 12.9 Å². The summed E-state index contributed by atoms with van der Waals surface area (Å²) >= 11 is 0. The minimum absolute atomic E-state index is 0.0217. The zero-order chi connectivity index (χ0) is 14.9. The Hall–Kier alpha value is -1.78. The summed E-state index contributed by atoms with van der Waals surface area (Å²) in [6.07, 6.45) is 5.16. The zero-order valence-electron chi connectivity index (χ0n) is 11.6. The Bertz CT molecular complexity index is 716. The molecule has 0 atom stereocenters. The van der Waals surface area contributed by atoms with Crippen LogP contribution in [0.4, 0.5) is 0 Å². The molecule has 1 saturated heterocycles. The number of aryl methyl sites for hydroxylation is 1. The number of nitrogens with one attached hydrogen (secondary N) is 1. The summed E-state index contributed by atoms with van der Waals surface area (Å²) in [5, 5.41) is 7.83. The molecule has 114 valence electrons. The van der Waals surface area contributed by atoms with Gasteiger partial charge in [0.2, 0.25) is 11.7 Å². The second-order valence-corrected chi connectivity index (χ2v) is 6.60. The van der Waals surface area contributed by atoms with Crippen LogP contribution >= 0.6 is 0 Å². The standard InChI is InChI=1S/C11H16N6O3S/c1-16-8-9(6-12-16)11-14-10(20-15-11)7-13-21(18,19)17-4-2-3-5-17/h6,8,13H,2-5,7H2,1H3. The van der Waals surface area contributed by atoms with Crippen molar-refractivity contribution in [1.82, 2.24) is 28.9 Å². The summed E-state index contributed by atoms with van der Waals surface area (Å²) in [4.78, 5) is 4.15. The first-order valence-electron chi connectivity index (χ1n) is 6.61. The fourth-order valence-corrected chi connectivity index (χ4v) is 3.38. The predicted octanol–water partition coefficient (Wildman–Crippen LogP) is -0.0997. The van der Waals surface area contributed by atoms with E-state index in [1.807, 2.05) is 0 Å². The average molecular weight is 312 g/mol. The van der Waals surface area contributed by atoms with Crippen molar-refractivity contribution in [3.05, 3.63) is 18.3 Å². The Morgan fingerprint density at radius 2 is 2.14 bits per heavy atom. The summed E-state index contributed by atoms with van der Waals surface area (Å²) in [7, 11) is -1.68. The lowest BCUT2D eigenvalue weighted by atomic mass is 10.3. The lowest BCUT2D eigenvalue weighted by Gasteiger charge is -2.14. The highest BCUT2D eigenvalue weighted by Gasteiger charge is 2.25. The molecule has 21 heavy (non-hydrogen) atoms. The Morgan fingerprint density at radius 1 is 1.38 bits per heavy atom. The van der Waals surface area contributed by atoms with Crippen LogP contribution in [0.2, 0.25) is 0 Å². The van der Waals surface area contributed by atoms with Crippen LogP contribution in [0.3, 0.4) is 0 Å². The van der Waals surface area contributed by atoms with Gasteiger partial charge in [-0.3, -0.25) is 4.68 Å². The fourth-order valence-electron chi connectivity index (χ4n) is 2.15. The van der Waals surface area contributed by atoms with Gasteiger partial charge < -0.3 is 4.52 Å². The van der Waals surface area contributed by atoms with Crippen LogP contribution in [0.1, 0.15) is 18.7 Å². The van der Waals surface area contributed by atoms with Crippen molar-refractivity contribution in [2.24, 2.45) is 7.05 Å². The molecule has 9 nitrogen and oxygen atoms in total. The molecule has 10 heteroatoms. The van der Waals surface area contributed by atoms with E-state index in [2.05, 4.69) is 20.0 Å². The first kappa shape index (κ1) is 14.2. The first-order chi connectivity index (χ1) is 10.0. The van der Waals surface area contributed by atoms with Crippen molar-refractivity contribution in [1.29, 1.82) is 0 Å². The van der Waals surface area contributed by atoms with Crippen LogP contribution in [0.5, 0.6) is 0 Å². The summed E-state index contributed by atoms with van der Waals surface area (Å²) in [5.74, 6) is 0.607. The van der Waals surface area contributed by atoms with Gasteiger partial charge in [0.1, 0.15) is 0 Å². The Kier molecular flexibility index (Phi) is 3.74. The summed E-state index contributed by atoms with van der Waals surface area (Å²) in [5.41, 5.74) is 0.718.